The Labute approximate surface area is 153 Å². The second-order valence-corrected chi connectivity index (χ2v) is 5.76. The van der Waals surface area contributed by atoms with Crippen LogP contribution in [0.15, 0.2) is 60.9 Å². The largest absolute Gasteiger partial charge is 0.493 e. The number of rotatable bonds is 7. The molecule has 0 radical (unpaired) electrons. The van der Waals surface area contributed by atoms with E-state index in [0.29, 0.717) is 18.0 Å². The van der Waals surface area contributed by atoms with Crippen LogP contribution in [-0.4, -0.2) is 30.7 Å². The number of nitrogens with two attached hydrogens (primary N) is 1. The van der Waals surface area contributed by atoms with E-state index in [1.807, 2.05) is 54.6 Å². The van der Waals surface area contributed by atoms with Gasteiger partial charge in [-0.2, -0.15) is 0 Å². The summed E-state index contributed by atoms with van der Waals surface area (Å²) in [5.74, 6) is 2.05. The predicted molar refractivity (Wildman–Crippen MR) is 102 cm³/mol. The number of nitrogens with one attached hydrogen (secondary N) is 1. The number of anilines is 1. The molecule has 6 heteroatoms. The van der Waals surface area contributed by atoms with Gasteiger partial charge in [-0.1, -0.05) is 30.3 Å². The summed E-state index contributed by atoms with van der Waals surface area (Å²) in [6, 6.07) is 17.4. The van der Waals surface area contributed by atoms with Crippen LogP contribution in [0.2, 0.25) is 0 Å². The van der Waals surface area contributed by atoms with E-state index in [9.17, 15) is 0 Å². The van der Waals surface area contributed by atoms with Gasteiger partial charge < -0.3 is 20.5 Å². The molecule has 0 aliphatic heterocycles. The van der Waals surface area contributed by atoms with Gasteiger partial charge in [0.2, 0.25) is 0 Å². The second kappa shape index (κ2) is 8.31. The van der Waals surface area contributed by atoms with Crippen molar-refractivity contribution in [3.8, 4) is 22.8 Å². The molecule has 0 amide bonds. The monoisotopic (exact) mass is 350 g/mol. The molecule has 0 aliphatic rings. The average molecular weight is 350 g/mol. The Kier molecular flexibility index (Phi) is 5.66. The molecular formula is C20H22N4O2. The average Bonchev–Trinajstić information content (AvgIpc) is 2.72. The first kappa shape index (κ1) is 17.7. The number of ether oxygens (including phenoxy) is 2. The van der Waals surface area contributed by atoms with Gasteiger partial charge in [0.15, 0.2) is 11.5 Å². The minimum absolute atomic E-state index is 0.115. The quantitative estimate of drug-likeness (QED) is 0.680. The first-order valence-corrected chi connectivity index (χ1v) is 8.30. The van der Waals surface area contributed by atoms with Crippen LogP contribution in [0, 0.1) is 0 Å². The summed E-state index contributed by atoms with van der Waals surface area (Å²) in [4.78, 5) is 8.62. The Bertz CT molecular complexity index is 855. The molecule has 0 bridgehead atoms. The second-order valence-electron chi connectivity index (χ2n) is 5.76. The Hall–Kier alpha value is -3.12. The van der Waals surface area contributed by atoms with E-state index in [4.69, 9.17) is 15.2 Å². The van der Waals surface area contributed by atoms with Crippen LogP contribution in [0.1, 0.15) is 11.6 Å². The third-order valence-electron chi connectivity index (χ3n) is 4.08. The maximum atomic E-state index is 6.23. The van der Waals surface area contributed by atoms with Gasteiger partial charge in [0.05, 0.1) is 19.9 Å². The van der Waals surface area contributed by atoms with Crippen LogP contribution in [-0.2, 0) is 0 Å². The maximum Gasteiger partial charge on any atom is 0.161 e. The van der Waals surface area contributed by atoms with E-state index in [1.165, 1.54) is 6.33 Å². The van der Waals surface area contributed by atoms with Crippen molar-refractivity contribution in [2.24, 2.45) is 5.73 Å². The first-order chi connectivity index (χ1) is 12.7. The third kappa shape index (κ3) is 4.10. The molecule has 3 aromatic rings. The van der Waals surface area contributed by atoms with E-state index >= 15 is 0 Å². The van der Waals surface area contributed by atoms with Crippen molar-refractivity contribution in [3.05, 3.63) is 66.5 Å². The van der Waals surface area contributed by atoms with Crippen LogP contribution in [0.3, 0.4) is 0 Å². The Balaban J connectivity index is 1.74. The van der Waals surface area contributed by atoms with Gasteiger partial charge in [-0.05, 0) is 23.8 Å². The van der Waals surface area contributed by atoms with E-state index in [2.05, 4.69) is 15.3 Å². The van der Waals surface area contributed by atoms with Crippen molar-refractivity contribution < 1.29 is 9.47 Å². The SMILES string of the molecule is COc1ccc(-c2cc(NC[C@H](N)c3ccccc3)ncn2)cc1OC. The highest BCUT2D eigenvalue weighted by Gasteiger charge is 2.09. The number of hydrogen-bond acceptors (Lipinski definition) is 6. The van der Waals surface area contributed by atoms with E-state index < -0.39 is 0 Å². The molecule has 0 unspecified atom stereocenters. The van der Waals surface area contributed by atoms with Crippen LogP contribution >= 0.6 is 0 Å². The molecule has 134 valence electrons. The van der Waals surface area contributed by atoms with Crippen LogP contribution in [0.5, 0.6) is 11.5 Å². The zero-order chi connectivity index (χ0) is 18.4. The minimum atomic E-state index is -0.115. The number of hydrogen-bond donors (Lipinski definition) is 2. The molecular weight excluding hydrogens is 328 g/mol. The Morgan fingerprint density at radius 1 is 0.962 bits per heavy atom. The molecule has 0 aliphatic carbocycles. The number of methoxy groups -OCH3 is 2. The zero-order valence-corrected chi connectivity index (χ0v) is 14.8. The Morgan fingerprint density at radius 3 is 2.46 bits per heavy atom. The summed E-state index contributed by atoms with van der Waals surface area (Å²) >= 11 is 0. The third-order valence-corrected chi connectivity index (χ3v) is 4.08. The van der Waals surface area contributed by atoms with Crippen molar-refractivity contribution in [3.63, 3.8) is 0 Å². The summed E-state index contributed by atoms with van der Waals surface area (Å²) in [6.45, 7) is 0.576. The number of aromatic nitrogens is 2. The highest BCUT2D eigenvalue weighted by Crippen LogP contribution is 2.31. The van der Waals surface area contributed by atoms with Crippen LogP contribution < -0.4 is 20.5 Å². The van der Waals surface area contributed by atoms with Gasteiger partial charge in [-0.15, -0.1) is 0 Å². The van der Waals surface area contributed by atoms with Gasteiger partial charge in [0, 0.05) is 24.2 Å². The molecule has 6 nitrogen and oxygen atoms in total. The molecule has 3 rings (SSSR count). The van der Waals surface area contributed by atoms with Crippen molar-refractivity contribution in [2.75, 3.05) is 26.1 Å². The fourth-order valence-corrected chi connectivity index (χ4v) is 2.64. The standard InChI is InChI=1S/C20H22N4O2/c1-25-18-9-8-15(10-19(18)26-2)17-11-20(24-13-23-17)22-12-16(21)14-6-4-3-5-7-14/h3-11,13,16H,12,21H2,1-2H3,(H,22,23,24)/t16-/m0/s1. The van der Waals surface area contributed by atoms with Gasteiger partial charge in [0.25, 0.3) is 0 Å². The Morgan fingerprint density at radius 2 is 1.73 bits per heavy atom. The minimum Gasteiger partial charge on any atom is -0.493 e. The lowest BCUT2D eigenvalue weighted by Crippen LogP contribution is -2.20. The number of benzene rings is 2. The maximum absolute atomic E-state index is 6.23. The summed E-state index contributed by atoms with van der Waals surface area (Å²) in [7, 11) is 3.22. The summed E-state index contributed by atoms with van der Waals surface area (Å²) in [6.07, 6.45) is 1.53. The lowest BCUT2D eigenvalue weighted by atomic mass is 10.1. The molecule has 1 aromatic heterocycles. The highest BCUT2D eigenvalue weighted by molar-refractivity contribution is 5.66. The molecule has 0 fully saturated rings. The van der Waals surface area contributed by atoms with E-state index in [1.54, 1.807) is 14.2 Å². The smallest absolute Gasteiger partial charge is 0.161 e. The first-order valence-electron chi connectivity index (χ1n) is 8.30. The van der Waals surface area contributed by atoms with E-state index in [-0.39, 0.29) is 6.04 Å². The molecule has 3 N–H and O–H groups in total. The van der Waals surface area contributed by atoms with Gasteiger partial charge >= 0.3 is 0 Å². The lowest BCUT2D eigenvalue weighted by molar-refractivity contribution is 0.355. The van der Waals surface area contributed by atoms with Gasteiger partial charge in [-0.3, -0.25) is 0 Å². The lowest BCUT2D eigenvalue weighted by Gasteiger charge is -2.14. The van der Waals surface area contributed by atoms with Gasteiger partial charge in [-0.25, -0.2) is 9.97 Å². The molecule has 2 aromatic carbocycles. The fourth-order valence-electron chi connectivity index (χ4n) is 2.64. The molecule has 0 saturated heterocycles. The molecule has 1 heterocycles. The highest BCUT2D eigenvalue weighted by atomic mass is 16.5. The fraction of sp³-hybridized carbons (Fsp3) is 0.200. The topological polar surface area (TPSA) is 82.3 Å². The van der Waals surface area contributed by atoms with Gasteiger partial charge in [0.1, 0.15) is 12.1 Å². The molecule has 1 atom stereocenters. The summed E-state index contributed by atoms with van der Waals surface area (Å²) in [5.41, 5.74) is 9.01. The summed E-state index contributed by atoms with van der Waals surface area (Å²) in [5, 5.41) is 3.27. The predicted octanol–water partition coefficient (Wildman–Crippen LogP) is 3.27. The van der Waals surface area contributed by atoms with Crippen LogP contribution in [0.25, 0.3) is 11.3 Å². The molecule has 0 saturated carbocycles. The zero-order valence-electron chi connectivity index (χ0n) is 14.8. The summed E-state index contributed by atoms with van der Waals surface area (Å²) < 4.78 is 10.6. The van der Waals surface area contributed by atoms with E-state index in [0.717, 1.165) is 22.6 Å². The van der Waals surface area contributed by atoms with Crippen molar-refractivity contribution in [1.29, 1.82) is 0 Å². The van der Waals surface area contributed by atoms with Crippen molar-refractivity contribution >= 4 is 5.82 Å². The number of nitrogens with zero attached hydrogens (tertiary/aromatic N) is 2. The molecule has 26 heavy (non-hydrogen) atoms. The molecule has 0 spiro atoms. The van der Waals surface area contributed by atoms with Crippen molar-refractivity contribution in [1.82, 2.24) is 9.97 Å². The van der Waals surface area contributed by atoms with Crippen LogP contribution in [0.4, 0.5) is 5.82 Å². The van der Waals surface area contributed by atoms with Crippen molar-refractivity contribution in [2.45, 2.75) is 6.04 Å². The normalized spacial score (nSPS) is 11.7.